The van der Waals surface area contributed by atoms with Crippen LogP contribution >= 0.6 is 0 Å². The zero-order valence-corrected chi connectivity index (χ0v) is 25.5. The Balaban J connectivity index is 2.44. The Kier molecular flexibility index (Phi) is 14.0. The average Bonchev–Trinajstić information content (AvgIpc) is 3.17. The molecule has 0 saturated heterocycles. The van der Waals surface area contributed by atoms with Gasteiger partial charge in [-0.15, -0.1) is 0 Å². The van der Waals surface area contributed by atoms with Crippen LogP contribution in [0, 0.1) is 0 Å². The number of hydrogen-bond acceptors (Lipinski definition) is 6. The highest BCUT2D eigenvalue weighted by Gasteiger charge is 2.25. The summed E-state index contributed by atoms with van der Waals surface area (Å²) in [6.45, 7) is 15.6. The first-order valence-electron chi connectivity index (χ1n) is 14.4. The summed E-state index contributed by atoms with van der Waals surface area (Å²) in [6.07, 6.45) is 13.8. The summed E-state index contributed by atoms with van der Waals surface area (Å²) in [6, 6.07) is 0. The van der Waals surface area contributed by atoms with Crippen LogP contribution in [0.1, 0.15) is 77.4 Å². The summed E-state index contributed by atoms with van der Waals surface area (Å²) in [5, 5.41) is 0. The van der Waals surface area contributed by atoms with Crippen LogP contribution in [0.25, 0.3) is 5.70 Å². The lowest BCUT2D eigenvalue weighted by atomic mass is 10.1. The molecule has 0 saturated carbocycles. The molecule has 2 amide bonds. The van der Waals surface area contributed by atoms with Crippen LogP contribution in [0.5, 0.6) is 0 Å². The third kappa shape index (κ3) is 9.69. The van der Waals surface area contributed by atoms with Gasteiger partial charge in [-0.2, -0.15) is 0 Å². The maximum absolute atomic E-state index is 12.6. The van der Waals surface area contributed by atoms with Gasteiger partial charge in [0.2, 0.25) is 12.3 Å². The first-order chi connectivity index (χ1) is 19.7. The average molecular weight is 568 g/mol. The van der Waals surface area contributed by atoms with Crippen LogP contribution < -0.4 is 4.90 Å². The highest BCUT2D eigenvalue weighted by molar-refractivity contribution is 5.78. The monoisotopic (exact) mass is 567 g/mol. The number of allylic oxidation sites excluding steroid dienone is 6. The highest BCUT2D eigenvalue weighted by Crippen LogP contribution is 2.30. The fraction of sp³-hybridized carbons (Fsp3) is 0.500. The summed E-state index contributed by atoms with van der Waals surface area (Å²) in [5.41, 5.74) is 3.64. The Morgan fingerprint density at radius 2 is 2.02 bits per heavy atom. The van der Waals surface area contributed by atoms with Crippen LogP contribution in [-0.4, -0.2) is 64.9 Å². The number of hydrogen-bond donors (Lipinski definition) is 0. The standard InChI is InChI=1S/C32H46FN5O3/c1-8-11-12-17-29(36(7)23-39)31-32(35-27-16-14-21-38(26(6)40)22-28(27)34-31)37(10-3)20-13-15-25(5)41-30(9-2)24(4)18-19-33/h8-9,11,17-19,23,25H,2,10,12-16,20-22H2,1,3-7H3/b11-8-,19-18+,29-17-,30-24+. The molecule has 1 aliphatic rings. The van der Waals surface area contributed by atoms with E-state index in [1.165, 1.54) is 11.0 Å². The van der Waals surface area contributed by atoms with Gasteiger partial charge in [-0.05, 0) is 77.5 Å². The minimum Gasteiger partial charge on any atom is -0.490 e. The molecule has 1 aromatic heterocycles. The molecular weight excluding hydrogens is 521 g/mol. The Morgan fingerprint density at radius 3 is 2.63 bits per heavy atom. The van der Waals surface area contributed by atoms with Gasteiger partial charge in [0.05, 0.1) is 36.1 Å². The quantitative estimate of drug-likeness (QED) is 0.110. The Bertz CT molecular complexity index is 1170. The van der Waals surface area contributed by atoms with Gasteiger partial charge in [-0.1, -0.05) is 24.8 Å². The third-order valence-corrected chi connectivity index (χ3v) is 7.06. The molecule has 2 rings (SSSR count). The molecule has 1 unspecified atom stereocenters. The maximum atomic E-state index is 12.6. The van der Waals surface area contributed by atoms with Gasteiger partial charge >= 0.3 is 0 Å². The fourth-order valence-corrected chi connectivity index (χ4v) is 4.70. The Hall–Kier alpha value is -3.75. The molecule has 9 heteroatoms. The van der Waals surface area contributed by atoms with E-state index in [2.05, 4.69) is 18.4 Å². The number of amides is 2. The number of rotatable bonds is 15. The van der Waals surface area contributed by atoms with Gasteiger partial charge in [-0.3, -0.25) is 9.59 Å². The topological polar surface area (TPSA) is 78.9 Å². The van der Waals surface area contributed by atoms with Crippen molar-refractivity contribution in [2.45, 2.75) is 79.4 Å². The minimum absolute atomic E-state index is 0.0102. The second-order valence-electron chi connectivity index (χ2n) is 10.1. The summed E-state index contributed by atoms with van der Waals surface area (Å²) in [5.74, 6) is 1.30. The third-order valence-electron chi connectivity index (χ3n) is 7.06. The summed E-state index contributed by atoms with van der Waals surface area (Å²) in [4.78, 5) is 39.9. The molecule has 1 aromatic rings. The van der Waals surface area contributed by atoms with Crippen LogP contribution in [0.2, 0.25) is 0 Å². The van der Waals surface area contributed by atoms with E-state index < -0.39 is 0 Å². The van der Waals surface area contributed by atoms with E-state index in [1.807, 2.05) is 32.1 Å². The number of ether oxygens (including phenoxy) is 1. The Morgan fingerprint density at radius 1 is 1.27 bits per heavy atom. The van der Waals surface area contributed by atoms with Crippen molar-refractivity contribution in [3.8, 4) is 0 Å². The second-order valence-corrected chi connectivity index (χ2v) is 10.1. The molecule has 2 heterocycles. The number of aryl methyl sites for hydroxylation is 1. The molecule has 1 aliphatic heterocycles. The largest absolute Gasteiger partial charge is 0.490 e. The molecule has 1 atom stereocenters. The molecule has 0 bridgehead atoms. The fourth-order valence-electron chi connectivity index (χ4n) is 4.70. The summed E-state index contributed by atoms with van der Waals surface area (Å²) in [7, 11) is 1.72. The lowest BCUT2D eigenvalue weighted by Crippen LogP contribution is -2.31. The molecule has 0 spiro atoms. The van der Waals surface area contributed by atoms with Gasteiger partial charge in [0, 0.05) is 33.6 Å². The molecule has 0 radical (unpaired) electrons. The molecule has 0 aromatic carbocycles. The number of carbonyl (C=O) groups is 2. The zero-order valence-electron chi connectivity index (χ0n) is 25.5. The van der Waals surface area contributed by atoms with E-state index in [0.29, 0.717) is 61.7 Å². The van der Waals surface area contributed by atoms with Crippen molar-refractivity contribution < 1.29 is 18.7 Å². The molecule has 0 N–H and O–H groups in total. The SMILES string of the molecule is C=C/C(OC(C)CCCN(CC)c1nc2c(nc1/C(=C/C/C=C\C)N(C)C=O)CN(C(C)=O)CCC2)=C(C)\C=C\F. The lowest BCUT2D eigenvalue weighted by molar-refractivity contribution is -0.129. The van der Waals surface area contributed by atoms with Gasteiger partial charge < -0.3 is 19.4 Å². The predicted molar refractivity (Wildman–Crippen MR) is 163 cm³/mol. The van der Waals surface area contributed by atoms with Crippen LogP contribution in [0.3, 0.4) is 0 Å². The molecular formula is C32H46FN5O3. The maximum Gasteiger partial charge on any atom is 0.219 e. The van der Waals surface area contributed by atoms with Crippen molar-refractivity contribution >= 4 is 23.8 Å². The molecule has 224 valence electrons. The van der Waals surface area contributed by atoms with Crippen LogP contribution in [0.15, 0.2) is 54.6 Å². The van der Waals surface area contributed by atoms with Crippen LogP contribution in [0.4, 0.5) is 10.2 Å². The summed E-state index contributed by atoms with van der Waals surface area (Å²) >= 11 is 0. The number of halogens is 1. The van der Waals surface area contributed by atoms with Crippen molar-refractivity contribution in [3.05, 3.63) is 71.7 Å². The van der Waals surface area contributed by atoms with E-state index in [0.717, 1.165) is 49.3 Å². The van der Waals surface area contributed by atoms with Crippen molar-refractivity contribution in [2.75, 3.05) is 31.6 Å². The van der Waals surface area contributed by atoms with Gasteiger partial charge in [0.15, 0.2) is 5.82 Å². The highest BCUT2D eigenvalue weighted by atomic mass is 19.1. The Labute approximate surface area is 245 Å². The van der Waals surface area contributed by atoms with Gasteiger partial charge in [-0.25, -0.2) is 14.4 Å². The first kappa shape index (κ1) is 33.5. The van der Waals surface area contributed by atoms with Crippen molar-refractivity contribution in [1.29, 1.82) is 0 Å². The van der Waals surface area contributed by atoms with Crippen molar-refractivity contribution in [2.24, 2.45) is 0 Å². The van der Waals surface area contributed by atoms with E-state index in [1.54, 1.807) is 31.9 Å². The predicted octanol–water partition coefficient (Wildman–Crippen LogP) is 6.12. The second kappa shape index (κ2) is 17.1. The van der Waals surface area contributed by atoms with E-state index in [-0.39, 0.29) is 12.0 Å². The van der Waals surface area contributed by atoms with Crippen molar-refractivity contribution in [3.63, 3.8) is 0 Å². The number of carbonyl (C=O) groups excluding carboxylic acids is 2. The molecule has 8 nitrogen and oxygen atoms in total. The minimum atomic E-state index is -0.0997. The number of aromatic nitrogens is 2. The number of fused-ring (bicyclic) bond motifs is 1. The molecule has 41 heavy (non-hydrogen) atoms. The van der Waals surface area contributed by atoms with E-state index in [9.17, 15) is 14.0 Å². The molecule has 0 aliphatic carbocycles. The normalized spacial score (nSPS) is 15.3. The van der Waals surface area contributed by atoms with E-state index in [4.69, 9.17) is 14.7 Å². The smallest absolute Gasteiger partial charge is 0.219 e. The van der Waals surface area contributed by atoms with Crippen molar-refractivity contribution in [1.82, 2.24) is 19.8 Å². The van der Waals surface area contributed by atoms with Crippen LogP contribution in [-0.2, 0) is 27.3 Å². The molecule has 0 fully saturated rings. The zero-order chi connectivity index (χ0) is 30.4. The summed E-state index contributed by atoms with van der Waals surface area (Å²) < 4.78 is 18.7. The van der Waals surface area contributed by atoms with Gasteiger partial charge in [0.1, 0.15) is 11.5 Å². The lowest BCUT2D eigenvalue weighted by Gasteiger charge is -2.28. The number of anilines is 1. The number of nitrogens with zero attached hydrogens (tertiary/aromatic N) is 5. The van der Waals surface area contributed by atoms with E-state index >= 15 is 0 Å². The first-order valence-corrected chi connectivity index (χ1v) is 14.4. The van der Waals surface area contributed by atoms with Gasteiger partial charge in [0.25, 0.3) is 0 Å².